The lowest BCUT2D eigenvalue weighted by Gasteiger charge is -2.56. The van der Waals surface area contributed by atoms with E-state index in [1.807, 2.05) is 0 Å². The number of carbonyl (C=O) groups is 2. The fourth-order valence-electron chi connectivity index (χ4n) is 5.67. The van der Waals surface area contributed by atoms with Crippen molar-refractivity contribution >= 4 is 28.2 Å². The maximum Gasteiger partial charge on any atom is 0.500 e. The third-order valence-corrected chi connectivity index (χ3v) is 7.96. The fourth-order valence-corrected chi connectivity index (χ4v) is 7.41. The van der Waals surface area contributed by atoms with Crippen LogP contribution in [0.25, 0.3) is 0 Å². The van der Waals surface area contributed by atoms with Gasteiger partial charge in [-0.25, -0.2) is 22.5 Å². The molecule has 3 amide bonds. The Morgan fingerprint density at radius 2 is 1.62 bits per heavy atom. The molecule has 24 heavy (non-hydrogen) atoms. The van der Waals surface area contributed by atoms with Gasteiger partial charge in [0.15, 0.2) is 0 Å². The van der Waals surface area contributed by atoms with Crippen LogP contribution in [0.3, 0.4) is 0 Å². The van der Waals surface area contributed by atoms with Crippen LogP contribution in [0.5, 0.6) is 0 Å². The summed E-state index contributed by atoms with van der Waals surface area (Å²) in [7, 11) is -1.08. The van der Waals surface area contributed by atoms with Crippen molar-refractivity contribution < 1.29 is 22.6 Å². The van der Waals surface area contributed by atoms with E-state index in [0.717, 1.165) is 24.2 Å². The summed E-state index contributed by atoms with van der Waals surface area (Å²) in [5.41, 5.74) is -0.389. The zero-order valence-electron chi connectivity index (χ0n) is 14.1. The summed E-state index contributed by atoms with van der Waals surface area (Å²) in [5.74, 6) is 1.14. The van der Waals surface area contributed by atoms with Gasteiger partial charge in [-0.15, -0.1) is 0 Å². The van der Waals surface area contributed by atoms with Gasteiger partial charge in [-0.3, -0.25) is 0 Å². The summed E-state index contributed by atoms with van der Waals surface area (Å²) < 4.78 is 30.0. The van der Waals surface area contributed by atoms with E-state index in [9.17, 15) is 18.0 Å². The first kappa shape index (κ1) is 16.2. The summed E-state index contributed by atoms with van der Waals surface area (Å²) in [6.07, 6.45) is 7.51. The monoisotopic (exact) mass is 354 g/mol. The van der Waals surface area contributed by atoms with Gasteiger partial charge in [0.05, 0.1) is 14.1 Å². The fraction of sp³-hybridized carbons (Fsp3) is 0.812. The van der Waals surface area contributed by atoms with E-state index < -0.39 is 27.2 Å². The highest BCUT2D eigenvalue weighted by Gasteiger charge is 2.55. The first-order valence-corrected chi connectivity index (χ1v) is 10.2. The van der Waals surface area contributed by atoms with Gasteiger partial charge in [-0.1, -0.05) is 0 Å². The zero-order chi connectivity index (χ0) is 17.3. The van der Waals surface area contributed by atoms with Crippen molar-refractivity contribution in [3.63, 3.8) is 0 Å². The van der Waals surface area contributed by atoms with Gasteiger partial charge < -0.3 is 0 Å². The second-order valence-electron chi connectivity index (χ2n) is 8.21. The van der Waals surface area contributed by atoms with Crippen LogP contribution in [-0.4, -0.2) is 60.9 Å². The summed E-state index contributed by atoms with van der Waals surface area (Å²) in [6.45, 7) is 0. The van der Waals surface area contributed by atoms with Crippen molar-refractivity contribution in [2.45, 2.75) is 49.3 Å². The average Bonchev–Trinajstić information content (AvgIpc) is 2.46. The quantitative estimate of drug-likeness (QED) is 0.750. The molecule has 1 atom stereocenters. The number of nitrogens with zero attached hydrogens (tertiary/aromatic N) is 2. The molecule has 4 bridgehead atoms. The lowest BCUT2D eigenvalue weighted by atomic mass is 9.53. The molecule has 7 nitrogen and oxygen atoms in total. The van der Waals surface area contributed by atoms with Crippen LogP contribution in [0, 0.1) is 17.8 Å². The Kier molecular flexibility index (Phi) is 3.45. The molecule has 1 N–H and O–H groups in total. The molecular weight excluding hydrogens is 330 g/mol. The van der Waals surface area contributed by atoms with Gasteiger partial charge >= 0.3 is 11.9 Å². The number of carbonyl (C=O) groups excluding carboxylic acids is 2. The predicted molar refractivity (Wildman–Crippen MR) is 87.2 cm³/mol. The molecule has 4 saturated carbocycles. The summed E-state index contributed by atoms with van der Waals surface area (Å²) >= 11 is 0. The summed E-state index contributed by atoms with van der Waals surface area (Å²) in [5, 5.41) is -1.33. The highest BCUT2D eigenvalue weighted by atomic mass is 32.2. The van der Waals surface area contributed by atoms with E-state index in [1.165, 1.54) is 44.1 Å². The van der Waals surface area contributed by atoms with Gasteiger partial charge in [-0.2, -0.15) is 9.69 Å². The SMILES string of the molecule is CN1C(=O)C(S(=O)(=O)NC23CC4CC(CC(C4)C2)C3)C=[N+](C)C1=O. The van der Waals surface area contributed by atoms with E-state index in [-0.39, 0.29) is 5.54 Å². The van der Waals surface area contributed by atoms with Gasteiger partial charge in [0.1, 0.15) is 6.21 Å². The lowest BCUT2D eigenvalue weighted by Crippen LogP contribution is -2.63. The van der Waals surface area contributed by atoms with Crippen molar-refractivity contribution in [3.05, 3.63) is 0 Å². The second-order valence-corrected chi connectivity index (χ2v) is 10.0. The number of hydrogen-bond donors (Lipinski definition) is 1. The van der Waals surface area contributed by atoms with Crippen LogP contribution in [0.15, 0.2) is 0 Å². The maximum absolute atomic E-state index is 13.0. The molecular formula is C16H24N3O4S+. The third kappa shape index (κ3) is 2.42. The molecule has 0 radical (unpaired) electrons. The van der Waals surface area contributed by atoms with Crippen molar-refractivity contribution in [2.75, 3.05) is 14.1 Å². The number of sulfonamides is 1. The van der Waals surface area contributed by atoms with Crippen molar-refractivity contribution in [1.82, 2.24) is 9.62 Å². The molecule has 0 aromatic carbocycles. The highest BCUT2D eigenvalue weighted by Crippen LogP contribution is 2.55. The molecule has 5 aliphatic rings. The number of urea groups is 1. The number of hydrogen-bond acceptors (Lipinski definition) is 4. The molecule has 1 heterocycles. The Morgan fingerprint density at radius 3 is 2.12 bits per heavy atom. The Balaban J connectivity index is 1.62. The van der Waals surface area contributed by atoms with Crippen molar-refractivity contribution in [1.29, 1.82) is 0 Å². The van der Waals surface area contributed by atoms with E-state index in [0.29, 0.717) is 17.8 Å². The number of rotatable bonds is 3. The molecule has 0 saturated heterocycles. The number of amides is 3. The minimum atomic E-state index is -3.87. The molecule has 0 spiro atoms. The molecule has 4 aliphatic carbocycles. The highest BCUT2D eigenvalue weighted by molar-refractivity contribution is 7.91. The Labute approximate surface area is 142 Å². The third-order valence-electron chi connectivity index (χ3n) is 6.25. The topological polar surface area (TPSA) is 86.6 Å². The van der Waals surface area contributed by atoms with E-state index in [2.05, 4.69) is 4.72 Å². The molecule has 0 aromatic heterocycles. The minimum absolute atomic E-state index is 0.389. The minimum Gasteiger partial charge on any atom is -0.245 e. The second kappa shape index (κ2) is 5.11. The molecule has 5 rings (SSSR count). The van der Waals surface area contributed by atoms with Crippen molar-refractivity contribution in [3.8, 4) is 0 Å². The molecule has 132 valence electrons. The van der Waals surface area contributed by atoms with Crippen LogP contribution in [0.2, 0.25) is 0 Å². The largest absolute Gasteiger partial charge is 0.500 e. The molecule has 1 aliphatic heterocycles. The van der Waals surface area contributed by atoms with Gasteiger partial charge in [0.25, 0.3) is 0 Å². The lowest BCUT2D eigenvalue weighted by molar-refractivity contribution is -0.399. The van der Waals surface area contributed by atoms with Crippen LogP contribution in [-0.2, 0) is 14.8 Å². The molecule has 0 aromatic rings. The maximum atomic E-state index is 13.0. The van der Waals surface area contributed by atoms with Gasteiger partial charge in [-0.05, 0) is 56.3 Å². The van der Waals surface area contributed by atoms with E-state index >= 15 is 0 Å². The average molecular weight is 354 g/mol. The predicted octanol–water partition coefficient (Wildman–Crippen LogP) is 0.548. The normalized spacial score (nSPS) is 41.8. The summed E-state index contributed by atoms with van der Waals surface area (Å²) in [4.78, 5) is 25.0. The smallest absolute Gasteiger partial charge is 0.245 e. The van der Waals surface area contributed by atoms with E-state index in [4.69, 9.17) is 0 Å². The van der Waals surface area contributed by atoms with Crippen LogP contribution < -0.4 is 4.72 Å². The zero-order valence-corrected chi connectivity index (χ0v) is 14.9. The number of imide groups is 1. The van der Waals surface area contributed by atoms with Crippen LogP contribution in [0.4, 0.5) is 4.79 Å². The van der Waals surface area contributed by atoms with Crippen LogP contribution >= 0.6 is 0 Å². The Hall–Kier alpha value is -1.28. The molecule has 8 heteroatoms. The van der Waals surface area contributed by atoms with Crippen molar-refractivity contribution in [2.24, 2.45) is 17.8 Å². The first-order valence-electron chi connectivity index (χ1n) is 8.61. The molecule has 4 fully saturated rings. The van der Waals surface area contributed by atoms with Crippen LogP contribution in [0.1, 0.15) is 38.5 Å². The Morgan fingerprint density at radius 1 is 1.12 bits per heavy atom. The summed E-state index contributed by atoms with van der Waals surface area (Å²) in [6, 6.07) is -0.513. The molecule has 1 unspecified atom stereocenters. The number of nitrogens with one attached hydrogen (secondary N) is 1. The standard InChI is InChI=1S/C16H24N3O4S/c1-18-9-13(14(20)19(2)15(18)21)24(22,23)17-16-6-10-3-11(7-16)5-12(4-10)8-16/h9-13,17H,3-8H2,1-2H3/q+1. The van der Waals surface area contributed by atoms with E-state index in [1.54, 1.807) is 0 Å². The van der Waals surface area contributed by atoms with Gasteiger partial charge in [0, 0.05) is 5.54 Å². The van der Waals surface area contributed by atoms with Gasteiger partial charge in [0.2, 0.25) is 15.3 Å². The Bertz CT molecular complexity index is 707. The first-order chi connectivity index (χ1) is 11.2.